The maximum absolute atomic E-state index is 13.5. The molecule has 0 bridgehead atoms. The van der Waals surface area contributed by atoms with Crippen LogP contribution in [0.2, 0.25) is 0 Å². The quantitative estimate of drug-likeness (QED) is 0.648. The van der Waals surface area contributed by atoms with Crippen molar-refractivity contribution < 1.29 is 26.3 Å². The van der Waals surface area contributed by atoms with E-state index >= 15 is 0 Å². The van der Waals surface area contributed by atoms with Crippen molar-refractivity contribution in [2.75, 3.05) is 12.9 Å². The molecule has 154 valence electrons. The molecule has 1 N–H and O–H groups in total. The molecule has 4 nitrogen and oxygen atoms in total. The van der Waals surface area contributed by atoms with Crippen molar-refractivity contribution in [3.63, 3.8) is 0 Å². The van der Waals surface area contributed by atoms with Crippen LogP contribution in [-0.2, 0) is 10.0 Å². The molecule has 0 radical (unpaired) electrons. The highest BCUT2D eigenvalue weighted by atomic mass is 32.2. The van der Waals surface area contributed by atoms with Gasteiger partial charge in [-0.1, -0.05) is 29.8 Å². The molecule has 2 aromatic rings. The van der Waals surface area contributed by atoms with Gasteiger partial charge in [0.2, 0.25) is 10.0 Å². The van der Waals surface area contributed by atoms with Gasteiger partial charge in [-0.15, -0.1) is 11.8 Å². The second-order valence-electron chi connectivity index (χ2n) is 6.41. The SMILES string of the molecule is COc1ccccc1SCC(NS(=O)(=O)c1c(C)cc(C)cc1C)C(F)(F)F. The van der Waals surface area contributed by atoms with Crippen LogP contribution in [0.3, 0.4) is 0 Å². The predicted molar refractivity (Wildman–Crippen MR) is 105 cm³/mol. The second-order valence-corrected chi connectivity index (χ2v) is 9.12. The highest BCUT2D eigenvalue weighted by molar-refractivity contribution is 7.99. The molecule has 0 spiro atoms. The first-order valence-corrected chi connectivity index (χ1v) is 10.9. The van der Waals surface area contributed by atoms with Crippen molar-refractivity contribution in [2.24, 2.45) is 0 Å². The number of halogens is 3. The summed E-state index contributed by atoms with van der Waals surface area (Å²) in [5, 5.41) is 0. The molecule has 0 aliphatic rings. The number of aryl methyl sites for hydroxylation is 3. The van der Waals surface area contributed by atoms with E-state index in [2.05, 4.69) is 0 Å². The van der Waals surface area contributed by atoms with Crippen molar-refractivity contribution >= 4 is 21.8 Å². The third-order valence-electron chi connectivity index (χ3n) is 4.04. The Kier molecular flexibility index (Phi) is 7.06. The number of benzene rings is 2. The topological polar surface area (TPSA) is 55.4 Å². The minimum Gasteiger partial charge on any atom is -0.496 e. The number of nitrogens with one attached hydrogen (secondary N) is 1. The Balaban J connectivity index is 2.30. The molecule has 0 amide bonds. The third kappa shape index (κ3) is 5.42. The average Bonchev–Trinajstić information content (AvgIpc) is 2.56. The summed E-state index contributed by atoms with van der Waals surface area (Å²) in [6.07, 6.45) is -4.74. The number of para-hydroxylation sites is 1. The van der Waals surface area contributed by atoms with Gasteiger partial charge in [-0.05, 0) is 44.0 Å². The lowest BCUT2D eigenvalue weighted by atomic mass is 10.1. The van der Waals surface area contributed by atoms with E-state index in [9.17, 15) is 21.6 Å². The van der Waals surface area contributed by atoms with E-state index in [4.69, 9.17) is 4.74 Å². The van der Waals surface area contributed by atoms with Gasteiger partial charge in [0.05, 0.1) is 12.0 Å². The maximum Gasteiger partial charge on any atom is 0.405 e. The van der Waals surface area contributed by atoms with Crippen molar-refractivity contribution in [1.29, 1.82) is 0 Å². The Morgan fingerprint density at radius 2 is 1.68 bits per heavy atom. The zero-order chi connectivity index (χ0) is 21.1. The standard InChI is InChI=1S/C19H22F3NO3S2/c1-12-9-13(2)18(14(3)10-12)28(24,25)23-17(19(20,21)22)11-27-16-8-6-5-7-15(16)26-4/h5-10,17,23H,11H2,1-4H3. The number of alkyl halides is 3. The predicted octanol–water partition coefficient (Wildman–Crippen LogP) is 4.62. The summed E-state index contributed by atoms with van der Waals surface area (Å²) in [4.78, 5) is 0.385. The second kappa shape index (κ2) is 8.75. The Hall–Kier alpha value is -1.71. The third-order valence-corrected chi connectivity index (χ3v) is 6.96. The lowest BCUT2D eigenvalue weighted by molar-refractivity contribution is -0.145. The molecule has 9 heteroatoms. The van der Waals surface area contributed by atoms with E-state index in [1.807, 2.05) is 4.72 Å². The lowest BCUT2D eigenvalue weighted by Crippen LogP contribution is -2.47. The fourth-order valence-electron chi connectivity index (χ4n) is 2.94. The lowest BCUT2D eigenvalue weighted by Gasteiger charge is -2.23. The van der Waals surface area contributed by atoms with E-state index < -0.39 is 28.0 Å². The van der Waals surface area contributed by atoms with Crippen LogP contribution in [0, 0.1) is 20.8 Å². The summed E-state index contributed by atoms with van der Waals surface area (Å²) in [6, 6.07) is 7.66. The first-order chi connectivity index (χ1) is 13.0. The van der Waals surface area contributed by atoms with Gasteiger partial charge in [-0.25, -0.2) is 8.42 Å². The van der Waals surface area contributed by atoms with E-state index in [0.29, 0.717) is 21.8 Å². The molecule has 0 fully saturated rings. The number of sulfonamides is 1. The summed E-state index contributed by atoms with van der Waals surface area (Å²) in [5.41, 5.74) is 1.65. The summed E-state index contributed by atoms with van der Waals surface area (Å²) < 4.78 is 73.1. The molecule has 0 aliphatic heterocycles. The number of ether oxygens (including phenoxy) is 1. The Bertz CT molecular complexity index is 921. The molecule has 2 aromatic carbocycles. The maximum atomic E-state index is 13.5. The van der Waals surface area contributed by atoms with Crippen LogP contribution in [0.15, 0.2) is 46.2 Å². The van der Waals surface area contributed by atoms with Gasteiger partial charge in [-0.2, -0.15) is 17.9 Å². The summed E-state index contributed by atoms with van der Waals surface area (Å²) in [5.74, 6) is -0.0888. The minimum atomic E-state index is -4.74. The number of methoxy groups -OCH3 is 1. The molecule has 0 saturated heterocycles. The number of hydrogen-bond acceptors (Lipinski definition) is 4. The van der Waals surface area contributed by atoms with E-state index in [-0.39, 0.29) is 4.90 Å². The Morgan fingerprint density at radius 1 is 1.11 bits per heavy atom. The molecular formula is C19H22F3NO3S2. The zero-order valence-electron chi connectivity index (χ0n) is 15.9. The summed E-state index contributed by atoms with van der Waals surface area (Å²) >= 11 is 0.881. The van der Waals surface area contributed by atoms with E-state index in [1.165, 1.54) is 7.11 Å². The fourth-order valence-corrected chi connectivity index (χ4v) is 5.81. The number of thioether (sulfide) groups is 1. The normalized spacial score (nSPS) is 13.4. The van der Waals surface area contributed by atoms with Crippen molar-refractivity contribution in [2.45, 2.75) is 42.8 Å². The van der Waals surface area contributed by atoms with Crippen LogP contribution in [0.5, 0.6) is 5.75 Å². The Labute approximate surface area is 167 Å². The number of hydrogen-bond donors (Lipinski definition) is 1. The van der Waals surface area contributed by atoms with Gasteiger partial charge in [0, 0.05) is 10.6 Å². The van der Waals surface area contributed by atoms with Gasteiger partial charge in [0.1, 0.15) is 11.8 Å². The molecule has 1 unspecified atom stereocenters. The van der Waals surface area contributed by atoms with Gasteiger partial charge in [-0.3, -0.25) is 0 Å². The molecule has 2 rings (SSSR count). The Morgan fingerprint density at radius 3 is 2.21 bits per heavy atom. The van der Waals surface area contributed by atoms with E-state index in [1.54, 1.807) is 57.2 Å². The van der Waals surface area contributed by atoms with E-state index in [0.717, 1.165) is 17.3 Å². The minimum absolute atomic E-state index is 0.116. The van der Waals surface area contributed by atoms with Crippen molar-refractivity contribution in [3.05, 3.63) is 53.1 Å². The summed E-state index contributed by atoms with van der Waals surface area (Å²) in [7, 11) is -2.93. The smallest absolute Gasteiger partial charge is 0.405 e. The molecule has 0 saturated carbocycles. The highest BCUT2D eigenvalue weighted by Crippen LogP contribution is 2.33. The molecule has 28 heavy (non-hydrogen) atoms. The van der Waals surface area contributed by atoms with Crippen LogP contribution in [0.25, 0.3) is 0 Å². The molecule has 0 aliphatic carbocycles. The largest absolute Gasteiger partial charge is 0.496 e. The first-order valence-electron chi connectivity index (χ1n) is 8.38. The molecule has 1 atom stereocenters. The van der Waals surface area contributed by atoms with Crippen molar-refractivity contribution in [3.8, 4) is 5.75 Å². The molecular weight excluding hydrogens is 411 g/mol. The van der Waals surface area contributed by atoms with Crippen LogP contribution >= 0.6 is 11.8 Å². The van der Waals surface area contributed by atoms with Crippen LogP contribution in [0.4, 0.5) is 13.2 Å². The van der Waals surface area contributed by atoms with Crippen LogP contribution in [0.1, 0.15) is 16.7 Å². The number of rotatable bonds is 7. The molecule has 0 heterocycles. The first kappa shape index (κ1) is 22.6. The highest BCUT2D eigenvalue weighted by Gasteiger charge is 2.42. The zero-order valence-corrected chi connectivity index (χ0v) is 17.6. The monoisotopic (exact) mass is 433 g/mol. The van der Waals surface area contributed by atoms with Gasteiger partial charge >= 0.3 is 6.18 Å². The fraction of sp³-hybridized carbons (Fsp3) is 0.368. The average molecular weight is 434 g/mol. The van der Waals surface area contributed by atoms with Gasteiger partial charge in [0.15, 0.2) is 0 Å². The summed E-state index contributed by atoms with van der Waals surface area (Å²) in [6.45, 7) is 4.94. The van der Waals surface area contributed by atoms with Crippen molar-refractivity contribution in [1.82, 2.24) is 4.72 Å². The van der Waals surface area contributed by atoms with Crippen LogP contribution in [-0.4, -0.2) is 33.5 Å². The molecule has 0 aromatic heterocycles. The van der Waals surface area contributed by atoms with Gasteiger partial charge < -0.3 is 4.74 Å². The van der Waals surface area contributed by atoms with Gasteiger partial charge in [0.25, 0.3) is 0 Å². The van der Waals surface area contributed by atoms with Crippen LogP contribution < -0.4 is 9.46 Å².